The van der Waals surface area contributed by atoms with Gasteiger partial charge in [0.1, 0.15) is 0 Å². The van der Waals surface area contributed by atoms with Gasteiger partial charge in [-0.2, -0.15) is 10.1 Å². The first-order valence-corrected chi connectivity index (χ1v) is 11.3. The third kappa shape index (κ3) is 2.92. The van der Waals surface area contributed by atoms with Crippen LogP contribution in [0.2, 0.25) is 0 Å². The van der Waals surface area contributed by atoms with Crippen LogP contribution in [0.25, 0.3) is 10.9 Å². The molecule has 2 amide bonds. The highest BCUT2D eigenvalue weighted by Gasteiger charge is 2.59. The number of carbonyl (C=O) groups is 2. The number of allylic oxidation sites excluding steroid dienone is 2. The zero-order valence-electron chi connectivity index (χ0n) is 16.7. The number of halogens is 1. The standard InChI is InChI=1S/C25H20BrN3O2/c26-19-9-5-15(6-10-19)13-28-14-18(20-3-1-2-4-21(20)28)12-27-29-24(30)22-16-7-8-17(11-16)23(22)25(29)31/h1-10,12,14,16-17,22-23H,11,13H2. The molecule has 2 heterocycles. The molecule has 6 heteroatoms. The minimum absolute atomic E-state index is 0.151. The molecule has 0 N–H and O–H groups in total. The van der Waals surface area contributed by atoms with Crippen molar-refractivity contribution >= 4 is 44.9 Å². The van der Waals surface area contributed by atoms with Crippen LogP contribution >= 0.6 is 15.9 Å². The normalized spacial score (nSPS) is 26.7. The molecule has 1 aromatic heterocycles. The number of para-hydroxylation sites is 1. The van der Waals surface area contributed by atoms with Gasteiger partial charge in [0.05, 0.1) is 18.1 Å². The number of fused-ring (bicyclic) bond motifs is 6. The predicted molar refractivity (Wildman–Crippen MR) is 122 cm³/mol. The van der Waals surface area contributed by atoms with E-state index in [0.717, 1.165) is 38.9 Å². The number of carbonyl (C=O) groups excluding carboxylic acids is 2. The summed E-state index contributed by atoms with van der Waals surface area (Å²) >= 11 is 3.48. The summed E-state index contributed by atoms with van der Waals surface area (Å²) in [7, 11) is 0. The van der Waals surface area contributed by atoms with Gasteiger partial charge in [0.15, 0.2) is 0 Å². The zero-order valence-corrected chi connectivity index (χ0v) is 18.3. The number of aromatic nitrogens is 1. The summed E-state index contributed by atoms with van der Waals surface area (Å²) in [6.07, 6.45) is 8.81. The van der Waals surface area contributed by atoms with E-state index in [0.29, 0.717) is 0 Å². The second-order valence-electron chi connectivity index (χ2n) is 8.59. The average Bonchev–Trinajstić information content (AvgIpc) is 3.53. The third-order valence-electron chi connectivity index (χ3n) is 6.84. The van der Waals surface area contributed by atoms with Gasteiger partial charge in [-0.25, -0.2) is 0 Å². The highest BCUT2D eigenvalue weighted by molar-refractivity contribution is 9.10. The molecule has 31 heavy (non-hydrogen) atoms. The Balaban J connectivity index is 1.31. The van der Waals surface area contributed by atoms with Gasteiger partial charge in [0.2, 0.25) is 0 Å². The number of benzene rings is 2. The molecule has 5 nitrogen and oxygen atoms in total. The van der Waals surface area contributed by atoms with Crippen LogP contribution in [0, 0.1) is 23.7 Å². The molecule has 3 aliphatic rings. The van der Waals surface area contributed by atoms with E-state index in [1.807, 2.05) is 36.5 Å². The van der Waals surface area contributed by atoms with E-state index in [9.17, 15) is 9.59 Å². The highest BCUT2D eigenvalue weighted by atomic mass is 79.9. The van der Waals surface area contributed by atoms with Gasteiger partial charge in [-0.15, -0.1) is 0 Å². The van der Waals surface area contributed by atoms with E-state index >= 15 is 0 Å². The fraction of sp³-hybridized carbons (Fsp3) is 0.240. The number of hydrazone groups is 1. The van der Waals surface area contributed by atoms with Crippen LogP contribution in [0.3, 0.4) is 0 Å². The van der Waals surface area contributed by atoms with Crippen molar-refractivity contribution in [3.05, 3.63) is 82.5 Å². The Morgan fingerprint density at radius 3 is 2.35 bits per heavy atom. The lowest BCUT2D eigenvalue weighted by Crippen LogP contribution is -2.28. The number of imide groups is 1. The van der Waals surface area contributed by atoms with Gasteiger partial charge in [0.25, 0.3) is 11.8 Å². The van der Waals surface area contributed by atoms with E-state index in [-0.39, 0.29) is 35.5 Å². The van der Waals surface area contributed by atoms with E-state index in [4.69, 9.17) is 0 Å². The SMILES string of the molecule is O=C1C2C3C=CC(C3)C2C(=O)N1N=Cc1cn(Cc2ccc(Br)cc2)c2ccccc12. The molecule has 3 aromatic rings. The van der Waals surface area contributed by atoms with Crippen molar-refractivity contribution < 1.29 is 9.59 Å². The number of nitrogens with zero attached hydrogens (tertiary/aromatic N) is 3. The number of amides is 2. The molecule has 1 saturated heterocycles. The van der Waals surface area contributed by atoms with Crippen LogP contribution in [-0.2, 0) is 16.1 Å². The quantitative estimate of drug-likeness (QED) is 0.316. The second-order valence-corrected chi connectivity index (χ2v) is 9.50. The highest BCUT2D eigenvalue weighted by Crippen LogP contribution is 2.52. The fourth-order valence-electron chi connectivity index (χ4n) is 5.42. The Kier molecular flexibility index (Phi) is 4.25. The van der Waals surface area contributed by atoms with Gasteiger partial charge in [-0.05, 0) is 42.0 Å². The van der Waals surface area contributed by atoms with Crippen LogP contribution in [0.4, 0.5) is 0 Å². The molecule has 1 saturated carbocycles. The Hall–Kier alpha value is -2.99. The lowest BCUT2D eigenvalue weighted by atomic mass is 9.85. The van der Waals surface area contributed by atoms with Crippen molar-refractivity contribution in [1.82, 2.24) is 9.58 Å². The molecule has 2 fully saturated rings. The average molecular weight is 474 g/mol. The molecular weight excluding hydrogens is 454 g/mol. The van der Waals surface area contributed by atoms with Crippen LogP contribution in [-0.4, -0.2) is 27.6 Å². The molecule has 4 unspecified atom stereocenters. The summed E-state index contributed by atoms with van der Waals surface area (Å²) in [6.45, 7) is 0.725. The number of hydrogen-bond donors (Lipinski definition) is 0. The smallest absolute Gasteiger partial charge is 0.254 e. The molecule has 6 rings (SSSR count). The van der Waals surface area contributed by atoms with Crippen molar-refractivity contribution in [3.8, 4) is 0 Å². The van der Waals surface area contributed by atoms with Crippen molar-refractivity contribution in [2.75, 3.05) is 0 Å². The van der Waals surface area contributed by atoms with E-state index in [1.165, 1.54) is 5.56 Å². The molecule has 154 valence electrons. The van der Waals surface area contributed by atoms with Crippen LogP contribution in [0.15, 0.2) is 76.5 Å². The fourth-order valence-corrected chi connectivity index (χ4v) is 5.68. The largest absolute Gasteiger partial charge is 0.342 e. The summed E-state index contributed by atoms with van der Waals surface area (Å²) in [5.41, 5.74) is 3.17. The topological polar surface area (TPSA) is 54.7 Å². The van der Waals surface area contributed by atoms with E-state index in [1.54, 1.807) is 6.21 Å². The monoisotopic (exact) mass is 473 g/mol. The molecule has 2 aromatic carbocycles. The lowest BCUT2D eigenvalue weighted by Gasteiger charge is -2.13. The molecule has 2 aliphatic carbocycles. The van der Waals surface area contributed by atoms with Crippen molar-refractivity contribution in [2.24, 2.45) is 28.8 Å². The Bertz CT molecular complexity index is 1240. The Labute approximate surface area is 188 Å². The van der Waals surface area contributed by atoms with E-state index < -0.39 is 0 Å². The predicted octanol–water partition coefficient (Wildman–Crippen LogP) is 4.59. The first kappa shape index (κ1) is 18.8. The van der Waals surface area contributed by atoms with Gasteiger partial charge in [-0.3, -0.25) is 9.59 Å². The maximum Gasteiger partial charge on any atom is 0.254 e. The summed E-state index contributed by atoms with van der Waals surface area (Å²) in [4.78, 5) is 25.8. The Morgan fingerprint density at radius 1 is 0.968 bits per heavy atom. The summed E-state index contributed by atoms with van der Waals surface area (Å²) in [6, 6.07) is 16.4. The zero-order chi connectivity index (χ0) is 21.1. The van der Waals surface area contributed by atoms with Crippen LogP contribution in [0.5, 0.6) is 0 Å². The summed E-state index contributed by atoms with van der Waals surface area (Å²) in [5.74, 6) is -0.362. The van der Waals surface area contributed by atoms with Crippen LogP contribution in [0.1, 0.15) is 17.5 Å². The third-order valence-corrected chi connectivity index (χ3v) is 7.37. The minimum Gasteiger partial charge on any atom is -0.342 e. The maximum atomic E-state index is 12.9. The number of rotatable bonds is 4. The second kappa shape index (κ2) is 7.02. The molecule has 0 radical (unpaired) electrons. The van der Waals surface area contributed by atoms with Gasteiger partial charge in [0, 0.05) is 33.7 Å². The van der Waals surface area contributed by atoms with Gasteiger partial charge in [-0.1, -0.05) is 58.4 Å². The Morgan fingerprint density at radius 2 is 1.65 bits per heavy atom. The van der Waals surface area contributed by atoms with Crippen molar-refractivity contribution in [3.63, 3.8) is 0 Å². The van der Waals surface area contributed by atoms with Crippen molar-refractivity contribution in [1.29, 1.82) is 0 Å². The van der Waals surface area contributed by atoms with Gasteiger partial charge < -0.3 is 4.57 Å². The summed E-state index contributed by atoms with van der Waals surface area (Å²) in [5, 5.41) is 6.54. The molecule has 0 spiro atoms. The molecular formula is C25H20BrN3O2. The molecule has 2 bridgehead atoms. The molecule has 4 atom stereocenters. The van der Waals surface area contributed by atoms with Gasteiger partial charge >= 0.3 is 0 Å². The lowest BCUT2D eigenvalue weighted by molar-refractivity contribution is -0.140. The van der Waals surface area contributed by atoms with Crippen molar-refractivity contribution in [2.45, 2.75) is 13.0 Å². The summed E-state index contributed by atoms with van der Waals surface area (Å²) < 4.78 is 3.22. The number of hydrogen-bond acceptors (Lipinski definition) is 3. The van der Waals surface area contributed by atoms with Crippen LogP contribution < -0.4 is 0 Å². The first-order valence-electron chi connectivity index (χ1n) is 10.5. The molecule has 1 aliphatic heterocycles. The first-order chi connectivity index (χ1) is 15.1. The minimum atomic E-state index is -0.224. The van der Waals surface area contributed by atoms with E-state index in [2.05, 4.69) is 55.9 Å². The maximum absolute atomic E-state index is 12.9.